The normalized spacial score (nSPS) is 15.7. The molecule has 0 radical (unpaired) electrons. The number of nitrogens with two attached hydrogens (primary N) is 1. The second-order valence-corrected chi connectivity index (χ2v) is 10.1. The van der Waals surface area contributed by atoms with E-state index >= 15 is 0 Å². The summed E-state index contributed by atoms with van der Waals surface area (Å²) in [5.41, 5.74) is 12.3. The van der Waals surface area contributed by atoms with Crippen LogP contribution in [0.15, 0.2) is 12.1 Å². The van der Waals surface area contributed by atoms with Gasteiger partial charge in [0.25, 0.3) is 0 Å². The smallest absolute Gasteiger partial charge is 0.135 e. The molecule has 0 bridgehead atoms. The van der Waals surface area contributed by atoms with Crippen molar-refractivity contribution in [2.75, 3.05) is 23.7 Å². The highest BCUT2D eigenvalue weighted by Crippen LogP contribution is 2.40. The first kappa shape index (κ1) is 25.0. The van der Waals surface area contributed by atoms with Gasteiger partial charge in [0.15, 0.2) is 0 Å². The van der Waals surface area contributed by atoms with E-state index in [1.165, 1.54) is 24.0 Å². The second-order valence-electron chi connectivity index (χ2n) is 10.1. The van der Waals surface area contributed by atoms with Crippen molar-refractivity contribution in [1.29, 1.82) is 5.26 Å². The van der Waals surface area contributed by atoms with E-state index in [-0.39, 0.29) is 0 Å². The van der Waals surface area contributed by atoms with Crippen LogP contribution in [0.1, 0.15) is 107 Å². The number of rotatable bonds is 10. The highest BCUT2D eigenvalue weighted by molar-refractivity contribution is 5.62. The number of hydrogen-bond donors (Lipinski definition) is 1. The predicted octanol–water partition coefficient (Wildman–Crippen LogP) is 6.18. The van der Waals surface area contributed by atoms with Crippen LogP contribution >= 0.6 is 0 Å². The van der Waals surface area contributed by atoms with Gasteiger partial charge in [-0.2, -0.15) is 5.26 Å². The maximum absolute atomic E-state index is 9.96. The van der Waals surface area contributed by atoms with Crippen molar-refractivity contribution in [3.8, 4) is 6.07 Å². The zero-order valence-electron chi connectivity index (χ0n) is 21.5. The van der Waals surface area contributed by atoms with Crippen LogP contribution in [0, 0.1) is 16.7 Å². The van der Waals surface area contributed by atoms with Gasteiger partial charge < -0.3 is 10.6 Å². The van der Waals surface area contributed by atoms with E-state index in [0.29, 0.717) is 29.0 Å². The molecule has 5 nitrogen and oxygen atoms in total. The Bertz CT molecular complexity index is 1010. The molecule has 1 aliphatic heterocycles. The average molecular weight is 448 g/mol. The van der Waals surface area contributed by atoms with Gasteiger partial charge in [-0.1, -0.05) is 60.5 Å². The summed E-state index contributed by atoms with van der Waals surface area (Å²) in [6.07, 6.45) is 6.89. The van der Waals surface area contributed by atoms with Crippen LogP contribution in [0.3, 0.4) is 0 Å². The molecule has 0 saturated carbocycles. The molecular formula is C28H41N5. The van der Waals surface area contributed by atoms with E-state index in [1.807, 2.05) is 6.07 Å². The Morgan fingerprint density at radius 3 is 2.42 bits per heavy atom. The van der Waals surface area contributed by atoms with Crippen molar-refractivity contribution in [2.24, 2.45) is 5.41 Å². The Labute approximate surface area is 200 Å². The summed E-state index contributed by atoms with van der Waals surface area (Å²) in [6, 6.07) is 6.38. The zero-order chi connectivity index (χ0) is 24.2. The van der Waals surface area contributed by atoms with Crippen molar-refractivity contribution in [3.63, 3.8) is 0 Å². The molecule has 1 aromatic heterocycles. The minimum Gasteiger partial charge on any atom is -0.398 e. The molecule has 1 fully saturated rings. The van der Waals surface area contributed by atoms with Crippen molar-refractivity contribution >= 4 is 11.5 Å². The standard InChI is InChI=1S/C28H41N5/c1-7-11-21-25(15-22-20(19(5)9-3)12-13-24(30)23(22)16-29)31-26(10-4)32-27(21)33-17-28(6,18-33)14-8-2/h12-13,19H,7-11,14-15,17-18,30H2,1-6H3/t19-/m0/s1. The second kappa shape index (κ2) is 10.5. The van der Waals surface area contributed by atoms with Crippen LogP contribution < -0.4 is 10.6 Å². The third kappa shape index (κ3) is 5.16. The molecule has 1 aliphatic rings. The molecule has 178 valence electrons. The third-order valence-corrected chi connectivity index (χ3v) is 7.21. The number of benzene rings is 1. The molecule has 0 amide bonds. The number of aryl methyl sites for hydroxylation is 1. The molecule has 0 aliphatic carbocycles. The number of nitrogens with zero attached hydrogens (tertiary/aromatic N) is 4. The van der Waals surface area contributed by atoms with E-state index in [2.05, 4.69) is 58.6 Å². The summed E-state index contributed by atoms with van der Waals surface area (Å²) in [5.74, 6) is 2.36. The van der Waals surface area contributed by atoms with Crippen molar-refractivity contribution in [1.82, 2.24) is 9.97 Å². The van der Waals surface area contributed by atoms with Crippen molar-refractivity contribution in [3.05, 3.63) is 45.9 Å². The molecule has 33 heavy (non-hydrogen) atoms. The predicted molar refractivity (Wildman–Crippen MR) is 138 cm³/mol. The highest BCUT2D eigenvalue weighted by atomic mass is 15.3. The fourth-order valence-electron chi connectivity index (χ4n) is 5.28. The Kier molecular flexibility index (Phi) is 8.00. The van der Waals surface area contributed by atoms with E-state index < -0.39 is 0 Å². The van der Waals surface area contributed by atoms with Crippen LogP contribution in [-0.2, 0) is 19.3 Å². The summed E-state index contributed by atoms with van der Waals surface area (Å²) < 4.78 is 0. The molecule has 1 atom stereocenters. The Morgan fingerprint density at radius 1 is 1.12 bits per heavy atom. The Hall–Kier alpha value is -2.61. The fourth-order valence-corrected chi connectivity index (χ4v) is 5.28. The third-order valence-electron chi connectivity index (χ3n) is 7.21. The van der Waals surface area contributed by atoms with Crippen LogP contribution in [0.25, 0.3) is 0 Å². The summed E-state index contributed by atoms with van der Waals surface area (Å²) in [7, 11) is 0. The van der Waals surface area contributed by atoms with Crippen LogP contribution in [0.2, 0.25) is 0 Å². The van der Waals surface area contributed by atoms with Crippen molar-refractivity contribution < 1.29 is 0 Å². The van der Waals surface area contributed by atoms with Gasteiger partial charge in [-0.25, -0.2) is 9.97 Å². The van der Waals surface area contributed by atoms with E-state index in [4.69, 9.17) is 15.7 Å². The minimum atomic E-state index is 0.361. The van der Waals surface area contributed by atoms with Crippen LogP contribution in [0.5, 0.6) is 0 Å². The molecule has 2 heterocycles. The van der Waals surface area contributed by atoms with Gasteiger partial charge in [-0.3, -0.25) is 0 Å². The average Bonchev–Trinajstić information content (AvgIpc) is 2.78. The topological polar surface area (TPSA) is 78.8 Å². The fraction of sp³-hybridized carbons (Fsp3) is 0.607. The van der Waals surface area contributed by atoms with E-state index in [0.717, 1.165) is 61.7 Å². The number of nitriles is 1. The van der Waals surface area contributed by atoms with Crippen LogP contribution in [-0.4, -0.2) is 23.1 Å². The van der Waals surface area contributed by atoms with Crippen molar-refractivity contribution in [2.45, 2.75) is 92.4 Å². The van der Waals surface area contributed by atoms with Gasteiger partial charge in [-0.05, 0) is 42.4 Å². The maximum Gasteiger partial charge on any atom is 0.135 e. The lowest BCUT2D eigenvalue weighted by Crippen LogP contribution is -2.55. The molecule has 2 N–H and O–H groups in total. The number of hydrogen-bond acceptors (Lipinski definition) is 5. The first-order chi connectivity index (χ1) is 15.8. The minimum absolute atomic E-state index is 0.361. The zero-order valence-corrected chi connectivity index (χ0v) is 21.5. The quantitative estimate of drug-likeness (QED) is 0.440. The van der Waals surface area contributed by atoms with Gasteiger partial charge in [0.2, 0.25) is 0 Å². The molecule has 5 heteroatoms. The number of nitrogen functional groups attached to an aromatic ring is 1. The van der Waals surface area contributed by atoms with E-state index in [9.17, 15) is 5.26 Å². The first-order valence-electron chi connectivity index (χ1n) is 12.8. The molecule has 0 unspecified atom stereocenters. The van der Waals surface area contributed by atoms with Gasteiger partial charge in [0.1, 0.15) is 17.7 Å². The van der Waals surface area contributed by atoms with Gasteiger partial charge in [0, 0.05) is 42.6 Å². The lowest BCUT2D eigenvalue weighted by Gasteiger charge is -2.49. The molecule has 3 rings (SSSR count). The van der Waals surface area contributed by atoms with Crippen LogP contribution in [0.4, 0.5) is 11.5 Å². The molecule has 2 aromatic rings. The van der Waals surface area contributed by atoms with Gasteiger partial charge in [0.05, 0.1) is 11.3 Å². The molecule has 1 aromatic carbocycles. The highest BCUT2D eigenvalue weighted by Gasteiger charge is 2.39. The molecule has 0 spiro atoms. The molecule has 1 saturated heterocycles. The SMILES string of the molecule is CCCc1c(Cc2c([C@@H](C)CC)ccc(N)c2C#N)nc(CC)nc1N1CC(C)(CCC)C1. The summed E-state index contributed by atoms with van der Waals surface area (Å²) in [6.45, 7) is 15.5. The Morgan fingerprint density at radius 2 is 1.85 bits per heavy atom. The first-order valence-corrected chi connectivity index (χ1v) is 12.8. The summed E-state index contributed by atoms with van der Waals surface area (Å²) >= 11 is 0. The van der Waals surface area contributed by atoms with Gasteiger partial charge in [-0.15, -0.1) is 0 Å². The largest absolute Gasteiger partial charge is 0.398 e. The van der Waals surface area contributed by atoms with E-state index in [1.54, 1.807) is 0 Å². The monoisotopic (exact) mass is 447 g/mol. The lowest BCUT2D eigenvalue weighted by molar-refractivity contribution is 0.219. The van der Waals surface area contributed by atoms with Gasteiger partial charge >= 0.3 is 0 Å². The number of aromatic nitrogens is 2. The summed E-state index contributed by atoms with van der Waals surface area (Å²) in [5, 5.41) is 9.96. The lowest BCUT2D eigenvalue weighted by atomic mass is 9.78. The molecular weight excluding hydrogens is 406 g/mol. The number of anilines is 2. The Balaban J connectivity index is 2.11. The summed E-state index contributed by atoms with van der Waals surface area (Å²) in [4.78, 5) is 12.5. The maximum atomic E-state index is 9.96.